The number of fused-ring (bicyclic) bond motifs is 1. The third-order valence-electron chi connectivity index (χ3n) is 4.20. The first kappa shape index (κ1) is 15.6. The third kappa shape index (κ3) is 3.55. The minimum absolute atomic E-state index is 0.117. The van der Waals surface area contributed by atoms with Gasteiger partial charge in [-0.1, -0.05) is 31.5 Å². The summed E-state index contributed by atoms with van der Waals surface area (Å²) >= 11 is 0. The lowest BCUT2D eigenvalue weighted by Gasteiger charge is -2.28. The fraction of sp³-hybridized carbons (Fsp3) is 0.444. The number of hydrogen-bond acceptors (Lipinski definition) is 3. The molecule has 0 aliphatic carbocycles. The fourth-order valence-corrected chi connectivity index (χ4v) is 3.01. The van der Waals surface area contributed by atoms with Crippen LogP contribution in [0, 0.1) is 5.92 Å². The zero-order valence-corrected chi connectivity index (χ0v) is 13.7. The predicted octanol–water partition coefficient (Wildman–Crippen LogP) is 2.57. The molecule has 1 atom stereocenters. The van der Waals surface area contributed by atoms with E-state index in [0.717, 1.165) is 42.0 Å². The summed E-state index contributed by atoms with van der Waals surface area (Å²) in [6, 6.07) is 9.97. The number of para-hydroxylation sites is 1. The van der Waals surface area contributed by atoms with Crippen molar-refractivity contribution in [2.24, 2.45) is 5.92 Å². The molecule has 0 spiro atoms. The van der Waals surface area contributed by atoms with Gasteiger partial charge in [0.05, 0.1) is 23.9 Å². The van der Waals surface area contributed by atoms with Gasteiger partial charge in [-0.05, 0) is 30.5 Å². The Balaban J connectivity index is 1.61. The first-order valence-corrected chi connectivity index (χ1v) is 8.16. The lowest BCUT2D eigenvalue weighted by molar-refractivity contribution is -0.136. The average molecular weight is 313 g/mol. The number of aromatic nitrogens is 2. The van der Waals surface area contributed by atoms with Crippen molar-refractivity contribution in [3.63, 3.8) is 0 Å². The molecule has 0 fully saturated rings. The van der Waals surface area contributed by atoms with Gasteiger partial charge in [0.2, 0.25) is 5.91 Å². The van der Waals surface area contributed by atoms with E-state index in [1.165, 1.54) is 0 Å². The minimum Gasteiger partial charge on any atom is -0.492 e. The average Bonchev–Trinajstić information content (AvgIpc) is 3.01. The highest BCUT2D eigenvalue weighted by Gasteiger charge is 2.28. The van der Waals surface area contributed by atoms with E-state index < -0.39 is 0 Å². The molecule has 3 rings (SSSR count). The van der Waals surface area contributed by atoms with Crippen molar-refractivity contribution in [3.8, 4) is 5.75 Å². The largest absolute Gasteiger partial charge is 0.492 e. The Morgan fingerprint density at radius 3 is 3.09 bits per heavy atom. The molecular weight excluding hydrogens is 290 g/mol. The van der Waals surface area contributed by atoms with Crippen molar-refractivity contribution < 1.29 is 9.53 Å². The molecule has 5 heteroatoms. The maximum absolute atomic E-state index is 12.7. The van der Waals surface area contributed by atoms with E-state index in [1.54, 1.807) is 4.90 Å². The highest BCUT2D eigenvalue weighted by molar-refractivity contribution is 5.79. The summed E-state index contributed by atoms with van der Waals surface area (Å²) in [5.41, 5.74) is 3.14. The van der Waals surface area contributed by atoms with Gasteiger partial charge in [-0.2, -0.15) is 5.10 Å². The van der Waals surface area contributed by atoms with E-state index in [-0.39, 0.29) is 11.8 Å². The van der Waals surface area contributed by atoms with Gasteiger partial charge in [0.15, 0.2) is 0 Å². The summed E-state index contributed by atoms with van der Waals surface area (Å²) in [5, 5.41) is 7.29. The highest BCUT2D eigenvalue weighted by Crippen LogP contribution is 2.27. The SMILES string of the molecule is CCCc1cc(CN(C)C(=O)C2COc3ccccc3C2)[nH]n1. The number of amides is 1. The Morgan fingerprint density at radius 1 is 1.43 bits per heavy atom. The van der Waals surface area contributed by atoms with Crippen LogP contribution in [0.4, 0.5) is 0 Å². The van der Waals surface area contributed by atoms with Crippen LogP contribution in [0.1, 0.15) is 30.3 Å². The summed E-state index contributed by atoms with van der Waals surface area (Å²) in [7, 11) is 1.84. The van der Waals surface area contributed by atoms with Gasteiger partial charge < -0.3 is 9.64 Å². The zero-order valence-electron chi connectivity index (χ0n) is 13.7. The Morgan fingerprint density at radius 2 is 2.26 bits per heavy atom. The van der Waals surface area contributed by atoms with E-state index in [9.17, 15) is 4.79 Å². The van der Waals surface area contributed by atoms with E-state index in [2.05, 4.69) is 17.1 Å². The molecule has 0 saturated carbocycles. The van der Waals surface area contributed by atoms with Crippen LogP contribution in [-0.2, 0) is 24.2 Å². The summed E-state index contributed by atoms with van der Waals surface area (Å²) in [6.07, 6.45) is 2.77. The Bertz CT molecular complexity index is 680. The monoisotopic (exact) mass is 313 g/mol. The number of carbonyl (C=O) groups is 1. The second kappa shape index (κ2) is 6.86. The second-order valence-electron chi connectivity index (χ2n) is 6.15. The van der Waals surface area contributed by atoms with Gasteiger partial charge in [0.25, 0.3) is 0 Å². The van der Waals surface area contributed by atoms with Crippen molar-refractivity contribution in [1.82, 2.24) is 15.1 Å². The lowest BCUT2D eigenvalue weighted by Crippen LogP contribution is -2.38. The number of nitrogens with zero attached hydrogens (tertiary/aromatic N) is 2. The van der Waals surface area contributed by atoms with Crippen LogP contribution in [0.3, 0.4) is 0 Å². The molecule has 23 heavy (non-hydrogen) atoms. The van der Waals surface area contributed by atoms with Crippen molar-refractivity contribution >= 4 is 5.91 Å². The van der Waals surface area contributed by atoms with E-state index in [4.69, 9.17) is 4.74 Å². The van der Waals surface area contributed by atoms with Crippen LogP contribution in [0.5, 0.6) is 5.75 Å². The van der Waals surface area contributed by atoms with Gasteiger partial charge in [-0.25, -0.2) is 0 Å². The van der Waals surface area contributed by atoms with Crippen molar-refractivity contribution in [3.05, 3.63) is 47.3 Å². The Kier molecular flexibility index (Phi) is 4.65. The Labute approximate surface area is 136 Å². The fourth-order valence-electron chi connectivity index (χ4n) is 3.01. The molecule has 1 aromatic carbocycles. The summed E-state index contributed by atoms with van der Waals surface area (Å²) in [5.74, 6) is 0.899. The van der Waals surface area contributed by atoms with Crippen molar-refractivity contribution in [2.75, 3.05) is 13.7 Å². The molecule has 0 radical (unpaired) electrons. The van der Waals surface area contributed by atoms with E-state index in [1.807, 2.05) is 37.4 Å². The number of carbonyl (C=O) groups excluding carboxylic acids is 1. The number of nitrogens with one attached hydrogen (secondary N) is 1. The summed E-state index contributed by atoms with van der Waals surface area (Å²) in [6.45, 7) is 3.13. The van der Waals surface area contributed by atoms with Gasteiger partial charge in [0, 0.05) is 7.05 Å². The van der Waals surface area contributed by atoms with Crippen LogP contribution in [-0.4, -0.2) is 34.7 Å². The number of hydrogen-bond donors (Lipinski definition) is 1. The molecule has 2 heterocycles. The van der Waals surface area contributed by atoms with Gasteiger partial charge in [-0.3, -0.25) is 9.89 Å². The van der Waals surface area contributed by atoms with Gasteiger partial charge in [-0.15, -0.1) is 0 Å². The maximum atomic E-state index is 12.7. The molecule has 1 N–H and O–H groups in total. The zero-order chi connectivity index (χ0) is 16.2. The van der Waals surface area contributed by atoms with Crippen LogP contribution < -0.4 is 4.74 Å². The molecule has 0 saturated heterocycles. The molecule has 1 aliphatic heterocycles. The maximum Gasteiger partial charge on any atom is 0.229 e. The first-order chi connectivity index (χ1) is 11.2. The molecule has 0 bridgehead atoms. The number of rotatable bonds is 5. The summed E-state index contributed by atoms with van der Waals surface area (Å²) in [4.78, 5) is 14.4. The molecule has 1 amide bonds. The van der Waals surface area contributed by atoms with Gasteiger partial charge >= 0.3 is 0 Å². The van der Waals surface area contributed by atoms with Crippen LogP contribution >= 0.6 is 0 Å². The van der Waals surface area contributed by atoms with E-state index in [0.29, 0.717) is 13.2 Å². The standard InChI is InChI=1S/C18H23N3O2/c1-3-6-15-10-16(20-19-15)11-21(2)18(22)14-9-13-7-4-5-8-17(13)23-12-14/h4-5,7-8,10,14H,3,6,9,11-12H2,1-2H3,(H,19,20). The first-order valence-electron chi connectivity index (χ1n) is 8.16. The number of aromatic amines is 1. The molecule has 122 valence electrons. The van der Waals surface area contributed by atoms with Crippen LogP contribution in [0.25, 0.3) is 0 Å². The predicted molar refractivity (Wildman–Crippen MR) is 88.2 cm³/mol. The van der Waals surface area contributed by atoms with Crippen LogP contribution in [0.2, 0.25) is 0 Å². The van der Waals surface area contributed by atoms with Crippen molar-refractivity contribution in [1.29, 1.82) is 0 Å². The number of aryl methyl sites for hydroxylation is 1. The molecule has 1 aromatic heterocycles. The molecule has 2 aromatic rings. The highest BCUT2D eigenvalue weighted by atomic mass is 16.5. The summed E-state index contributed by atoms with van der Waals surface area (Å²) < 4.78 is 5.73. The number of benzene rings is 1. The Hall–Kier alpha value is -2.30. The minimum atomic E-state index is -0.118. The van der Waals surface area contributed by atoms with Gasteiger partial charge in [0.1, 0.15) is 12.4 Å². The normalized spacial score (nSPS) is 16.5. The van der Waals surface area contributed by atoms with Crippen LogP contribution in [0.15, 0.2) is 30.3 Å². The molecular formula is C18H23N3O2. The molecule has 5 nitrogen and oxygen atoms in total. The number of ether oxygens (including phenoxy) is 1. The van der Waals surface area contributed by atoms with E-state index >= 15 is 0 Å². The molecule has 1 aliphatic rings. The quantitative estimate of drug-likeness (QED) is 0.923. The second-order valence-corrected chi connectivity index (χ2v) is 6.15. The molecule has 1 unspecified atom stereocenters. The van der Waals surface area contributed by atoms with Crippen molar-refractivity contribution in [2.45, 2.75) is 32.7 Å². The third-order valence-corrected chi connectivity index (χ3v) is 4.20. The number of H-pyrrole nitrogens is 1. The topological polar surface area (TPSA) is 58.2 Å². The lowest BCUT2D eigenvalue weighted by atomic mass is 9.95. The smallest absolute Gasteiger partial charge is 0.229 e.